The fraction of sp³-hybridized carbons (Fsp3) is 0.385. The van der Waals surface area contributed by atoms with Crippen molar-refractivity contribution >= 4 is 11.8 Å². The van der Waals surface area contributed by atoms with E-state index in [0.717, 1.165) is 5.56 Å². The van der Waals surface area contributed by atoms with E-state index >= 15 is 0 Å². The van der Waals surface area contributed by atoms with E-state index in [1.807, 2.05) is 0 Å². The quantitative estimate of drug-likeness (QED) is 0.649. The maximum atomic E-state index is 12.0. The monoisotopic (exact) mass is 265 g/mol. The first-order valence-corrected chi connectivity index (χ1v) is 6.04. The summed E-state index contributed by atoms with van der Waals surface area (Å²) >= 11 is 0. The summed E-state index contributed by atoms with van der Waals surface area (Å²) < 4.78 is 0. The first-order valence-electron chi connectivity index (χ1n) is 6.04. The van der Waals surface area contributed by atoms with Crippen molar-refractivity contribution in [1.82, 2.24) is 4.90 Å². The molecule has 0 aliphatic rings. The highest BCUT2D eigenvalue weighted by molar-refractivity contribution is 5.86. The molecule has 5 N–H and O–H groups in total. The van der Waals surface area contributed by atoms with Gasteiger partial charge >= 0.3 is 0 Å². The molecule has 0 radical (unpaired) electrons. The number of aromatic hydroxyl groups is 1. The minimum Gasteiger partial charge on any atom is -0.508 e. The van der Waals surface area contributed by atoms with E-state index in [2.05, 4.69) is 0 Å². The molecule has 0 aliphatic heterocycles. The first-order chi connectivity index (χ1) is 8.93. The smallest absolute Gasteiger partial charge is 0.240 e. The van der Waals surface area contributed by atoms with Crippen LogP contribution in [0.15, 0.2) is 24.3 Å². The first kappa shape index (κ1) is 15.0. The molecule has 104 valence electrons. The van der Waals surface area contributed by atoms with Gasteiger partial charge < -0.3 is 21.5 Å². The largest absolute Gasteiger partial charge is 0.508 e. The van der Waals surface area contributed by atoms with Crippen LogP contribution in [0.1, 0.15) is 12.5 Å². The molecule has 0 bridgehead atoms. The van der Waals surface area contributed by atoms with Crippen LogP contribution in [0.2, 0.25) is 0 Å². The zero-order chi connectivity index (χ0) is 14.4. The molecule has 0 aliphatic carbocycles. The molecule has 2 amide bonds. The Kier molecular flexibility index (Phi) is 5.32. The predicted molar refractivity (Wildman–Crippen MR) is 71.2 cm³/mol. The second-order valence-electron chi connectivity index (χ2n) is 4.30. The summed E-state index contributed by atoms with van der Waals surface area (Å²) in [4.78, 5) is 24.2. The molecule has 0 saturated heterocycles. The van der Waals surface area contributed by atoms with Gasteiger partial charge in [0.2, 0.25) is 11.8 Å². The lowest BCUT2D eigenvalue weighted by atomic mass is 10.1. The Labute approximate surface area is 112 Å². The topological polar surface area (TPSA) is 110 Å². The van der Waals surface area contributed by atoms with Crippen LogP contribution in [0.4, 0.5) is 0 Å². The van der Waals surface area contributed by atoms with Gasteiger partial charge in [-0.3, -0.25) is 9.59 Å². The zero-order valence-corrected chi connectivity index (χ0v) is 10.9. The molecule has 0 fully saturated rings. The average molecular weight is 265 g/mol. The maximum absolute atomic E-state index is 12.0. The van der Waals surface area contributed by atoms with Crippen LogP contribution >= 0.6 is 0 Å². The van der Waals surface area contributed by atoms with Crippen LogP contribution in [0.5, 0.6) is 5.75 Å². The number of hydrogen-bond donors (Lipinski definition) is 3. The lowest BCUT2D eigenvalue weighted by Gasteiger charge is -2.23. The third-order valence-electron chi connectivity index (χ3n) is 2.75. The van der Waals surface area contributed by atoms with Crippen LogP contribution in [0.3, 0.4) is 0 Å². The van der Waals surface area contributed by atoms with Crippen molar-refractivity contribution in [2.45, 2.75) is 19.4 Å². The average Bonchev–Trinajstić information content (AvgIpc) is 2.37. The number of nitrogens with zero attached hydrogens (tertiary/aromatic N) is 1. The SMILES string of the molecule is CCN(CC(N)=O)C(=O)[C@H](N)Cc1ccc(O)cc1. The summed E-state index contributed by atoms with van der Waals surface area (Å²) in [6.45, 7) is 2.01. The molecule has 6 heteroatoms. The third-order valence-corrected chi connectivity index (χ3v) is 2.75. The molecule has 1 atom stereocenters. The van der Waals surface area contributed by atoms with Gasteiger partial charge in [-0.1, -0.05) is 12.1 Å². The molecule has 6 nitrogen and oxygen atoms in total. The van der Waals surface area contributed by atoms with Gasteiger partial charge in [-0.05, 0) is 31.0 Å². The summed E-state index contributed by atoms with van der Waals surface area (Å²) in [6, 6.07) is 5.74. The van der Waals surface area contributed by atoms with Crippen LogP contribution in [-0.2, 0) is 16.0 Å². The molecular formula is C13H19N3O3. The normalized spacial score (nSPS) is 11.9. The van der Waals surface area contributed by atoms with Crippen molar-refractivity contribution in [3.63, 3.8) is 0 Å². The van der Waals surface area contributed by atoms with Crippen molar-refractivity contribution in [3.05, 3.63) is 29.8 Å². The number of carbonyl (C=O) groups is 2. The minimum atomic E-state index is -0.733. The molecule has 1 aromatic carbocycles. The van der Waals surface area contributed by atoms with Crippen LogP contribution in [-0.4, -0.2) is 41.0 Å². The molecule has 1 rings (SSSR count). The van der Waals surface area contributed by atoms with Gasteiger partial charge in [0.05, 0.1) is 12.6 Å². The Balaban J connectivity index is 2.65. The van der Waals surface area contributed by atoms with Crippen molar-refractivity contribution in [1.29, 1.82) is 0 Å². The van der Waals surface area contributed by atoms with E-state index in [1.165, 1.54) is 17.0 Å². The van der Waals surface area contributed by atoms with Gasteiger partial charge in [0.1, 0.15) is 5.75 Å². The number of likely N-dealkylation sites (N-methyl/N-ethyl adjacent to an activating group) is 1. The lowest BCUT2D eigenvalue weighted by molar-refractivity contribution is -0.136. The second kappa shape index (κ2) is 6.75. The van der Waals surface area contributed by atoms with Gasteiger partial charge in [-0.15, -0.1) is 0 Å². The molecular weight excluding hydrogens is 246 g/mol. The zero-order valence-electron chi connectivity index (χ0n) is 10.9. The van der Waals surface area contributed by atoms with Crippen molar-refractivity contribution < 1.29 is 14.7 Å². The van der Waals surface area contributed by atoms with E-state index in [9.17, 15) is 9.59 Å². The molecule has 0 spiro atoms. The minimum absolute atomic E-state index is 0.126. The van der Waals surface area contributed by atoms with Crippen LogP contribution in [0, 0.1) is 0 Å². The Morgan fingerprint density at radius 2 is 1.89 bits per heavy atom. The lowest BCUT2D eigenvalue weighted by Crippen LogP contribution is -2.47. The van der Waals surface area contributed by atoms with E-state index < -0.39 is 11.9 Å². The molecule has 0 unspecified atom stereocenters. The van der Waals surface area contributed by atoms with Crippen molar-refractivity contribution in [3.8, 4) is 5.75 Å². The van der Waals surface area contributed by atoms with E-state index in [4.69, 9.17) is 16.6 Å². The highest BCUT2D eigenvalue weighted by atomic mass is 16.3. The van der Waals surface area contributed by atoms with Crippen LogP contribution in [0.25, 0.3) is 0 Å². The van der Waals surface area contributed by atoms with Gasteiger partial charge in [0, 0.05) is 6.54 Å². The number of primary amides is 1. The summed E-state index contributed by atoms with van der Waals surface area (Å²) in [6.07, 6.45) is 0.342. The van der Waals surface area contributed by atoms with Gasteiger partial charge in [0.25, 0.3) is 0 Å². The summed E-state index contributed by atoms with van der Waals surface area (Å²) in [5.74, 6) is -0.714. The summed E-state index contributed by atoms with van der Waals surface area (Å²) in [5.41, 5.74) is 11.7. The Bertz CT molecular complexity index is 445. The maximum Gasteiger partial charge on any atom is 0.240 e. The number of amides is 2. The Morgan fingerprint density at radius 3 is 2.37 bits per heavy atom. The van der Waals surface area contributed by atoms with E-state index in [1.54, 1.807) is 19.1 Å². The highest BCUT2D eigenvalue weighted by Gasteiger charge is 2.21. The molecule has 1 aromatic rings. The van der Waals surface area contributed by atoms with E-state index in [-0.39, 0.29) is 18.2 Å². The number of rotatable bonds is 6. The number of phenolic OH excluding ortho intramolecular Hbond substituents is 1. The second-order valence-corrected chi connectivity index (χ2v) is 4.30. The summed E-state index contributed by atoms with van der Waals surface area (Å²) in [7, 11) is 0. The van der Waals surface area contributed by atoms with Gasteiger partial charge in [-0.2, -0.15) is 0 Å². The van der Waals surface area contributed by atoms with Crippen LogP contribution < -0.4 is 11.5 Å². The summed E-state index contributed by atoms with van der Waals surface area (Å²) in [5, 5.41) is 9.17. The number of carbonyl (C=O) groups excluding carboxylic acids is 2. The fourth-order valence-corrected chi connectivity index (χ4v) is 1.74. The molecule has 0 heterocycles. The highest BCUT2D eigenvalue weighted by Crippen LogP contribution is 2.11. The Hall–Kier alpha value is -2.08. The molecule has 0 aromatic heterocycles. The predicted octanol–water partition coefficient (Wildman–Crippen LogP) is -0.404. The number of hydrogen-bond acceptors (Lipinski definition) is 4. The molecule has 19 heavy (non-hydrogen) atoms. The van der Waals surface area contributed by atoms with E-state index in [0.29, 0.717) is 13.0 Å². The van der Waals surface area contributed by atoms with Gasteiger partial charge in [0.15, 0.2) is 0 Å². The third kappa shape index (κ3) is 4.59. The Morgan fingerprint density at radius 1 is 1.32 bits per heavy atom. The number of nitrogens with two attached hydrogens (primary N) is 2. The number of phenols is 1. The molecule has 0 saturated carbocycles. The fourth-order valence-electron chi connectivity index (χ4n) is 1.74. The standard InChI is InChI=1S/C13H19N3O3/c1-2-16(8-12(15)18)13(19)11(14)7-9-3-5-10(17)6-4-9/h3-6,11,17H,2,7-8,14H2,1H3,(H2,15,18)/t11-/m1/s1. The van der Waals surface area contributed by atoms with Crippen molar-refractivity contribution in [2.75, 3.05) is 13.1 Å². The number of benzene rings is 1. The van der Waals surface area contributed by atoms with Crippen molar-refractivity contribution in [2.24, 2.45) is 11.5 Å². The van der Waals surface area contributed by atoms with Gasteiger partial charge in [-0.25, -0.2) is 0 Å².